The number of nitrogen functional groups attached to an aromatic ring is 1. The third kappa shape index (κ3) is 2.63. The molecule has 0 spiro atoms. The second-order valence-electron chi connectivity index (χ2n) is 3.41. The van der Waals surface area contributed by atoms with E-state index in [1.807, 2.05) is 19.1 Å². The number of hydrogen-bond donors (Lipinski definition) is 1. The number of halogens is 2. The minimum atomic E-state index is 0.441. The van der Waals surface area contributed by atoms with Gasteiger partial charge in [0, 0.05) is 10.7 Å². The number of hydrogen-bond acceptors (Lipinski definition) is 4. The quantitative estimate of drug-likeness (QED) is 0.896. The van der Waals surface area contributed by atoms with E-state index in [0.717, 1.165) is 21.1 Å². The molecule has 0 saturated carbocycles. The predicted molar refractivity (Wildman–Crippen MR) is 74.5 cm³/mol. The monoisotopic (exact) mass is 356 g/mol. The maximum absolute atomic E-state index is 5.83. The lowest BCUT2D eigenvalue weighted by Gasteiger charge is -2.06. The highest BCUT2D eigenvalue weighted by atomic mass is 79.9. The second kappa shape index (κ2) is 5.10. The van der Waals surface area contributed by atoms with Crippen LogP contribution in [0, 0.1) is 0 Å². The first-order chi connectivity index (χ1) is 8.11. The fraction of sp³-hybridized carbons (Fsp3) is 0.182. The average molecular weight is 358 g/mol. The number of pyridine rings is 1. The molecule has 0 aliphatic heterocycles. The molecule has 88 valence electrons. The van der Waals surface area contributed by atoms with Gasteiger partial charge in [0.15, 0.2) is 5.82 Å². The van der Waals surface area contributed by atoms with Crippen LogP contribution < -0.4 is 5.73 Å². The van der Waals surface area contributed by atoms with E-state index in [9.17, 15) is 0 Å². The maximum atomic E-state index is 5.83. The van der Waals surface area contributed by atoms with Crippen LogP contribution in [0.3, 0.4) is 0 Å². The first-order valence-corrected chi connectivity index (χ1v) is 6.64. The number of nitrogens with two attached hydrogens (primary N) is 1. The van der Waals surface area contributed by atoms with Gasteiger partial charge in [-0.2, -0.15) is 0 Å². The second-order valence-corrected chi connectivity index (χ2v) is 5.12. The van der Waals surface area contributed by atoms with Gasteiger partial charge in [-0.25, -0.2) is 9.97 Å². The lowest BCUT2D eigenvalue weighted by Crippen LogP contribution is -2.02. The minimum Gasteiger partial charge on any atom is -0.383 e. The Labute approximate surface area is 116 Å². The van der Waals surface area contributed by atoms with Crippen LogP contribution in [0.2, 0.25) is 0 Å². The van der Waals surface area contributed by atoms with Crippen LogP contribution in [0.1, 0.15) is 12.6 Å². The maximum Gasteiger partial charge on any atom is 0.180 e. The predicted octanol–water partition coefficient (Wildman–Crippen LogP) is 3.21. The molecule has 0 bridgehead atoms. The molecule has 0 saturated heterocycles. The Hall–Kier alpha value is -1.01. The van der Waals surface area contributed by atoms with Crippen LogP contribution in [-0.4, -0.2) is 15.0 Å². The summed E-state index contributed by atoms with van der Waals surface area (Å²) in [5.41, 5.74) is 7.43. The Bertz CT molecular complexity index is 540. The highest BCUT2D eigenvalue weighted by Crippen LogP contribution is 2.25. The van der Waals surface area contributed by atoms with Gasteiger partial charge in [0.2, 0.25) is 0 Å². The van der Waals surface area contributed by atoms with Crippen molar-refractivity contribution in [2.75, 3.05) is 5.73 Å². The topological polar surface area (TPSA) is 64.7 Å². The summed E-state index contributed by atoms with van der Waals surface area (Å²) in [5.74, 6) is 0.992. The molecule has 2 heterocycles. The van der Waals surface area contributed by atoms with Crippen molar-refractivity contribution in [3.8, 4) is 11.5 Å². The first-order valence-electron chi connectivity index (χ1n) is 5.05. The number of aryl methyl sites for hydroxylation is 1. The molecule has 0 unspecified atom stereocenters. The lowest BCUT2D eigenvalue weighted by atomic mass is 10.3. The number of nitrogens with zero attached hydrogens (tertiary/aromatic N) is 3. The zero-order chi connectivity index (χ0) is 12.4. The molecule has 2 N–H and O–H groups in total. The molecule has 2 rings (SSSR count). The standard InChI is InChI=1S/C11H10Br2N4/c1-2-7-9(13)10(14)17-11(16-7)8-4-3-6(12)5-15-8/h3-5H,2H2,1H3,(H2,14,16,17). The summed E-state index contributed by atoms with van der Waals surface area (Å²) < 4.78 is 1.68. The number of rotatable bonds is 2. The molecule has 0 radical (unpaired) electrons. The molecule has 0 aromatic carbocycles. The Balaban J connectivity index is 2.52. The van der Waals surface area contributed by atoms with Crippen LogP contribution >= 0.6 is 31.9 Å². The molecule has 2 aromatic heterocycles. The van der Waals surface area contributed by atoms with Crippen molar-refractivity contribution in [1.29, 1.82) is 0 Å². The molecular weight excluding hydrogens is 348 g/mol. The molecule has 0 aliphatic carbocycles. The highest BCUT2D eigenvalue weighted by Gasteiger charge is 2.10. The molecule has 4 nitrogen and oxygen atoms in total. The Morgan fingerprint density at radius 2 is 2.00 bits per heavy atom. The summed E-state index contributed by atoms with van der Waals surface area (Å²) in [6.07, 6.45) is 2.50. The first kappa shape index (κ1) is 12.4. The average Bonchev–Trinajstić information content (AvgIpc) is 2.33. The summed E-state index contributed by atoms with van der Waals surface area (Å²) in [7, 11) is 0. The van der Waals surface area contributed by atoms with E-state index in [0.29, 0.717) is 17.3 Å². The zero-order valence-electron chi connectivity index (χ0n) is 9.11. The largest absolute Gasteiger partial charge is 0.383 e. The molecule has 6 heteroatoms. The Morgan fingerprint density at radius 3 is 2.59 bits per heavy atom. The van der Waals surface area contributed by atoms with Crippen molar-refractivity contribution in [3.63, 3.8) is 0 Å². The third-order valence-electron chi connectivity index (χ3n) is 2.24. The van der Waals surface area contributed by atoms with Crippen LogP contribution in [0.5, 0.6) is 0 Å². The molecule has 0 amide bonds. The third-order valence-corrected chi connectivity index (χ3v) is 3.57. The van der Waals surface area contributed by atoms with Gasteiger partial charge in [0.1, 0.15) is 11.5 Å². The Kier molecular flexibility index (Phi) is 3.73. The smallest absolute Gasteiger partial charge is 0.180 e. The van der Waals surface area contributed by atoms with E-state index >= 15 is 0 Å². The van der Waals surface area contributed by atoms with Crippen LogP contribution in [0.25, 0.3) is 11.5 Å². The summed E-state index contributed by atoms with van der Waals surface area (Å²) >= 11 is 6.72. The van der Waals surface area contributed by atoms with Crippen LogP contribution in [-0.2, 0) is 6.42 Å². The normalized spacial score (nSPS) is 10.5. The van der Waals surface area contributed by atoms with E-state index in [2.05, 4.69) is 46.8 Å². The van der Waals surface area contributed by atoms with Crippen LogP contribution in [0.15, 0.2) is 27.3 Å². The summed E-state index contributed by atoms with van der Waals surface area (Å²) in [4.78, 5) is 12.9. The van der Waals surface area contributed by atoms with E-state index < -0.39 is 0 Å². The molecular formula is C11H10Br2N4. The summed E-state index contributed by atoms with van der Waals surface area (Å²) in [6, 6.07) is 3.75. The van der Waals surface area contributed by atoms with E-state index in [-0.39, 0.29) is 0 Å². The fourth-order valence-electron chi connectivity index (χ4n) is 1.37. The van der Waals surface area contributed by atoms with Crippen molar-refractivity contribution in [2.24, 2.45) is 0 Å². The zero-order valence-corrected chi connectivity index (χ0v) is 12.3. The number of aromatic nitrogens is 3. The SMILES string of the molecule is CCc1nc(-c2ccc(Br)cn2)nc(N)c1Br. The van der Waals surface area contributed by atoms with Gasteiger partial charge in [-0.3, -0.25) is 4.98 Å². The minimum absolute atomic E-state index is 0.441. The van der Waals surface area contributed by atoms with Crippen molar-refractivity contribution in [1.82, 2.24) is 15.0 Å². The number of anilines is 1. The van der Waals surface area contributed by atoms with Gasteiger partial charge in [-0.15, -0.1) is 0 Å². The van der Waals surface area contributed by atoms with Crippen molar-refractivity contribution < 1.29 is 0 Å². The molecule has 0 atom stereocenters. The molecule has 2 aromatic rings. The van der Waals surface area contributed by atoms with Gasteiger partial charge in [0.25, 0.3) is 0 Å². The molecule has 0 aliphatic rings. The lowest BCUT2D eigenvalue weighted by molar-refractivity contribution is 0.989. The Morgan fingerprint density at radius 1 is 1.24 bits per heavy atom. The summed E-state index contributed by atoms with van der Waals surface area (Å²) in [5, 5.41) is 0. The van der Waals surface area contributed by atoms with Crippen molar-refractivity contribution in [2.45, 2.75) is 13.3 Å². The molecule has 17 heavy (non-hydrogen) atoms. The highest BCUT2D eigenvalue weighted by molar-refractivity contribution is 9.10. The van der Waals surface area contributed by atoms with Gasteiger partial charge >= 0.3 is 0 Å². The van der Waals surface area contributed by atoms with E-state index in [4.69, 9.17) is 5.73 Å². The van der Waals surface area contributed by atoms with Gasteiger partial charge < -0.3 is 5.73 Å². The summed E-state index contributed by atoms with van der Waals surface area (Å²) in [6.45, 7) is 2.02. The van der Waals surface area contributed by atoms with Crippen molar-refractivity contribution >= 4 is 37.7 Å². The van der Waals surface area contributed by atoms with E-state index in [1.165, 1.54) is 0 Å². The van der Waals surface area contributed by atoms with Crippen molar-refractivity contribution in [3.05, 3.63) is 33.0 Å². The van der Waals surface area contributed by atoms with Gasteiger partial charge in [-0.1, -0.05) is 6.92 Å². The van der Waals surface area contributed by atoms with Gasteiger partial charge in [-0.05, 0) is 50.4 Å². The fourth-order valence-corrected chi connectivity index (χ4v) is 2.06. The van der Waals surface area contributed by atoms with Crippen LogP contribution in [0.4, 0.5) is 5.82 Å². The van der Waals surface area contributed by atoms with Gasteiger partial charge in [0.05, 0.1) is 10.2 Å². The molecule has 0 fully saturated rings. The van der Waals surface area contributed by atoms with E-state index in [1.54, 1.807) is 6.20 Å².